The van der Waals surface area contributed by atoms with Crippen molar-refractivity contribution in [2.45, 2.75) is 52.6 Å². The van der Waals surface area contributed by atoms with E-state index in [4.69, 9.17) is 0 Å². The molecule has 0 aliphatic heterocycles. The molecule has 0 saturated heterocycles. The fraction of sp³-hybridized carbons (Fsp3) is 0.562. The minimum atomic E-state index is -0.150. The molecule has 3 N–H and O–H groups in total. The quantitative estimate of drug-likeness (QED) is 0.757. The van der Waals surface area contributed by atoms with Crippen LogP contribution in [0.2, 0.25) is 0 Å². The van der Waals surface area contributed by atoms with Crippen LogP contribution in [0.3, 0.4) is 0 Å². The second kappa shape index (κ2) is 6.27. The minimum absolute atomic E-state index is 0.150. The summed E-state index contributed by atoms with van der Waals surface area (Å²) in [6.07, 6.45) is 2.39. The van der Waals surface area contributed by atoms with Gasteiger partial charge in [0.05, 0.1) is 11.0 Å². The monoisotopic (exact) mass is 275 g/mol. The highest BCUT2D eigenvalue weighted by Gasteiger charge is 2.16. The van der Waals surface area contributed by atoms with Crippen LogP contribution in [0.25, 0.3) is 11.0 Å². The van der Waals surface area contributed by atoms with Gasteiger partial charge in [0.25, 0.3) is 0 Å². The van der Waals surface area contributed by atoms with Crippen molar-refractivity contribution >= 4 is 11.0 Å². The summed E-state index contributed by atoms with van der Waals surface area (Å²) in [5.74, 6) is 0.702. The van der Waals surface area contributed by atoms with Gasteiger partial charge >= 0.3 is 5.69 Å². The number of hydrogen-bond acceptors (Lipinski definition) is 2. The molecule has 1 heterocycles. The second-order valence-corrected chi connectivity index (χ2v) is 5.64. The molecule has 1 aromatic heterocycles. The fourth-order valence-electron chi connectivity index (χ4n) is 2.94. The molecule has 2 rings (SSSR count). The smallest absolute Gasteiger partial charge is 0.307 e. The highest BCUT2D eigenvalue weighted by atomic mass is 16.1. The lowest BCUT2D eigenvalue weighted by atomic mass is 9.94. The normalized spacial score (nSPS) is 14.8. The first-order chi connectivity index (χ1) is 9.55. The van der Waals surface area contributed by atoms with Crippen LogP contribution >= 0.6 is 0 Å². The predicted octanol–water partition coefficient (Wildman–Crippen LogP) is 3.33. The summed E-state index contributed by atoms with van der Waals surface area (Å²) in [6.45, 7) is 8.91. The number of hydrogen-bond donors (Lipinski definition) is 3. The number of aromatic amines is 2. The van der Waals surface area contributed by atoms with Crippen molar-refractivity contribution in [2.24, 2.45) is 5.92 Å². The van der Waals surface area contributed by atoms with Crippen molar-refractivity contribution in [3.05, 3.63) is 34.2 Å². The second-order valence-electron chi connectivity index (χ2n) is 5.64. The number of nitrogens with one attached hydrogen (secondary N) is 3. The average molecular weight is 275 g/mol. The maximum atomic E-state index is 11.3. The first-order valence-electron chi connectivity index (χ1n) is 7.53. The molecule has 4 nitrogen and oxygen atoms in total. The van der Waals surface area contributed by atoms with Gasteiger partial charge in [-0.25, -0.2) is 4.79 Å². The third kappa shape index (κ3) is 3.12. The third-order valence-corrected chi connectivity index (χ3v) is 4.31. The number of fused-ring (bicyclic) bond motifs is 1. The molecule has 0 spiro atoms. The Kier molecular flexibility index (Phi) is 4.65. The lowest BCUT2D eigenvalue weighted by molar-refractivity contribution is 0.330. The van der Waals surface area contributed by atoms with Gasteiger partial charge in [-0.05, 0) is 37.5 Å². The van der Waals surface area contributed by atoms with Crippen LogP contribution in [0.1, 0.15) is 52.1 Å². The van der Waals surface area contributed by atoms with Gasteiger partial charge in [-0.3, -0.25) is 0 Å². The molecule has 1 aromatic carbocycles. The molecule has 110 valence electrons. The lowest BCUT2D eigenvalue weighted by Crippen LogP contribution is -2.34. The average Bonchev–Trinajstić information content (AvgIpc) is 2.78. The maximum absolute atomic E-state index is 11.3. The highest BCUT2D eigenvalue weighted by molar-refractivity contribution is 5.75. The Labute approximate surface area is 120 Å². The van der Waals surface area contributed by atoms with E-state index in [-0.39, 0.29) is 11.7 Å². The Morgan fingerprint density at radius 1 is 1.10 bits per heavy atom. The third-order valence-electron chi connectivity index (χ3n) is 4.31. The summed E-state index contributed by atoms with van der Waals surface area (Å²) in [6, 6.07) is 6.84. The van der Waals surface area contributed by atoms with E-state index in [9.17, 15) is 4.79 Å². The number of aromatic nitrogens is 2. The summed E-state index contributed by atoms with van der Waals surface area (Å²) in [7, 11) is 0. The van der Waals surface area contributed by atoms with Crippen LogP contribution < -0.4 is 11.0 Å². The molecule has 0 bridgehead atoms. The van der Waals surface area contributed by atoms with Crippen molar-refractivity contribution in [3.63, 3.8) is 0 Å². The molecule has 4 heteroatoms. The largest absolute Gasteiger partial charge is 0.323 e. The van der Waals surface area contributed by atoms with E-state index in [1.54, 1.807) is 0 Å². The molecular weight excluding hydrogens is 250 g/mol. The number of rotatable bonds is 6. The Morgan fingerprint density at radius 3 is 2.40 bits per heavy atom. The van der Waals surface area contributed by atoms with Crippen LogP contribution in [0.5, 0.6) is 0 Å². The van der Waals surface area contributed by atoms with Crippen LogP contribution in [-0.2, 0) is 0 Å². The molecule has 0 aliphatic carbocycles. The predicted molar refractivity (Wildman–Crippen MR) is 84.0 cm³/mol. The molecule has 0 fully saturated rings. The standard InChI is InChI=1S/C16H25N3O/c1-5-12(6-2)10(3)17-11(4)13-7-8-14-15(9-13)19-16(20)18-14/h7-12,17H,5-6H2,1-4H3,(H2,18,19,20). The van der Waals surface area contributed by atoms with Gasteiger partial charge in [-0.1, -0.05) is 32.8 Å². The molecule has 0 radical (unpaired) electrons. The summed E-state index contributed by atoms with van der Waals surface area (Å²) < 4.78 is 0. The van der Waals surface area contributed by atoms with E-state index in [2.05, 4.69) is 49.0 Å². The topological polar surface area (TPSA) is 60.7 Å². The van der Waals surface area contributed by atoms with E-state index in [0.29, 0.717) is 12.0 Å². The van der Waals surface area contributed by atoms with Crippen molar-refractivity contribution in [3.8, 4) is 0 Å². The van der Waals surface area contributed by atoms with Gasteiger partial charge in [0.2, 0.25) is 0 Å². The van der Waals surface area contributed by atoms with E-state index in [1.165, 1.54) is 18.4 Å². The Morgan fingerprint density at radius 2 is 1.75 bits per heavy atom. The molecule has 0 saturated carbocycles. The molecule has 0 amide bonds. The Bertz CT molecular complexity index is 609. The van der Waals surface area contributed by atoms with Gasteiger partial charge in [0.1, 0.15) is 0 Å². The molecule has 2 atom stereocenters. The van der Waals surface area contributed by atoms with E-state index >= 15 is 0 Å². The summed E-state index contributed by atoms with van der Waals surface area (Å²) in [5.41, 5.74) is 2.78. The first kappa shape index (κ1) is 14.9. The summed E-state index contributed by atoms with van der Waals surface area (Å²) in [5, 5.41) is 3.67. The maximum Gasteiger partial charge on any atom is 0.323 e. The van der Waals surface area contributed by atoms with Crippen molar-refractivity contribution in [1.29, 1.82) is 0 Å². The van der Waals surface area contributed by atoms with Gasteiger partial charge < -0.3 is 15.3 Å². The van der Waals surface area contributed by atoms with Crippen molar-refractivity contribution < 1.29 is 0 Å². The van der Waals surface area contributed by atoms with Gasteiger partial charge in [-0.2, -0.15) is 0 Å². The minimum Gasteiger partial charge on any atom is -0.307 e. The fourth-order valence-corrected chi connectivity index (χ4v) is 2.94. The lowest BCUT2D eigenvalue weighted by Gasteiger charge is -2.26. The Balaban J connectivity index is 2.14. The van der Waals surface area contributed by atoms with E-state index in [0.717, 1.165) is 11.0 Å². The molecule has 2 unspecified atom stereocenters. The molecule has 2 aromatic rings. The molecule has 0 aliphatic rings. The zero-order valence-electron chi connectivity index (χ0n) is 12.8. The highest BCUT2D eigenvalue weighted by Crippen LogP contribution is 2.20. The number of benzene rings is 1. The number of imidazole rings is 1. The van der Waals surface area contributed by atoms with Crippen LogP contribution in [-0.4, -0.2) is 16.0 Å². The zero-order chi connectivity index (χ0) is 14.7. The van der Waals surface area contributed by atoms with Crippen molar-refractivity contribution in [1.82, 2.24) is 15.3 Å². The zero-order valence-corrected chi connectivity index (χ0v) is 12.8. The first-order valence-corrected chi connectivity index (χ1v) is 7.53. The molecule has 20 heavy (non-hydrogen) atoms. The SMILES string of the molecule is CCC(CC)C(C)NC(C)c1ccc2[nH]c(=O)[nH]c2c1. The Hall–Kier alpha value is -1.55. The number of H-pyrrole nitrogens is 2. The van der Waals surface area contributed by atoms with E-state index < -0.39 is 0 Å². The summed E-state index contributed by atoms with van der Waals surface area (Å²) >= 11 is 0. The van der Waals surface area contributed by atoms with Gasteiger partial charge in [0.15, 0.2) is 0 Å². The molecular formula is C16H25N3O. The van der Waals surface area contributed by atoms with Crippen molar-refractivity contribution in [2.75, 3.05) is 0 Å². The van der Waals surface area contributed by atoms with Crippen LogP contribution in [0.4, 0.5) is 0 Å². The van der Waals surface area contributed by atoms with Gasteiger partial charge in [-0.15, -0.1) is 0 Å². The van der Waals surface area contributed by atoms with E-state index in [1.807, 2.05) is 12.1 Å². The van der Waals surface area contributed by atoms with Gasteiger partial charge in [0, 0.05) is 12.1 Å². The van der Waals surface area contributed by atoms with Crippen LogP contribution in [0, 0.1) is 5.92 Å². The van der Waals surface area contributed by atoms with Crippen LogP contribution in [0.15, 0.2) is 23.0 Å². The summed E-state index contributed by atoms with van der Waals surface area (Å²) in [4.78, 5) is 16.9.